The molecule has 0 bridgehead atoms. The summed E-state index contributed by atoms with van der Waals surface area (Å²) in [4.78, 5) is 14.2. The third-order valence-electron chi connectivity index (χ3n) is 3.48. The van der Waals surface area contributed by atoms with Crippen molar-refractivity contribution in [2.75, 3.05) is 5.75 Å². The van der Waals surface area contributed by atoms with Gasteiger partial charge in [-0.1, -0.05) is 11.8 Å². The van der Waals surface area contributed by atoms with Crippen molar-refractivity contribution in [2.45, 2.75) is 32.5 Å². The van der Waals surface area contributed by atoms with Crippen LogP contribution in [-0.4, -0.2) is 26.3 Å². The quantitative estimate of drug-likeness (QED) is 0.494. The zero-order valence-electron chi connectivity index (χ0n) is 13.2. The van der Waals surface area contributed by atoms with Crippen LogP contribution in [0.15, 0.2) is 34.0 Å². The van der Waals surface area contributed by atoms with Gasteiger partial charge in [-0.05, 0) is 39.0 Å². The molecule has 0 saturated heterocycles. The number of aromatic nitrogens is 3. The molecule has 0 aromatic carbocycles. The van der Waals surface area contributed by atoms with Gasteiger partial charge in [0.1, 0.15) is 5.76 Å². The summed E-state index contributed by atoms with van der Waals surface area (Å²) < 4.78 is 7.35. The van der Waals surface area contributed by atoms with Crippen LogP contribution in [0, 0.1) is 13.8 Å². The first-order valence-electron chi connectivity index (χ1n) is 7.30. The molecular weight excluding hydrogens is 330 g/mol. The molecule has 3 heterocycles. The Balaban J connectivity index is 1.77. The lowest BCUT2D eigenvalue weighted by Gasteiger charge is -2.06. The summed E-state index contributed by atoms with van der Waals surface area (Å²) in [5, 5.41) is 9.26. The van der Waals surface area contributed by atoms with E-state index in [1.165, 1.54) is 23.1 Å². The first kappa shape index (κ1) is 16.0. The van der Waals surface area contributed by atoms with Crippen molar-refractivity contribution in [2.24, 2.45) is 0 Å². The standard InChI is InChI=1S/C16H17N3O2S2/c1-4-19-15(12-7-8-21-11(12)3)17-18-16(19)22-9-13(20)14-6-5-10(2)23-14/h5-8H,4,9H2,1-3H3. The molecule has 120 valence electrons. The third kappa shape index (κ3) is 3.25. The van der Waals surface area contributed by atoms with Crippen LogP contribution in [0.5, 0.6) is 0 Å². The predicted octanol–water partition coefficient (Wildman–Crippen LogP) is 4.21. The summed E-state index contributed by atoms with van der Waals surface area (Å²) in [7, 11) is 0. The first-order valence-corrected chi connectivity index (χ1v) is 9.10. The van der Waals surface area contributed by atoms with Crippen LogP contribution >= 0.6 is 23.1 Å². The monoisotopic (exact) mass is 347 g/mol. The number of hydrogen-bond donors (Lipinski definition) is 0. The van der Waals surface area contributed by atoms with E-state index >= 15 is 0 Å². The van der Waals surface area contributed by atoms with E-state index in [-0.39, 0.29) is 5.78 Å². The first-order chi connectivity index (χ1) is 11.1. The van der Waals surface area contributed by atoms with Gasteiger partial charge in [-0.15, -0.1) is 21.5 Å². The topological polar surface area (TPSA) is 60.9 Å². The highest BCUT2D eigenvalue weighted by Crippen LogP contribution is 2.27. The number of carbonyl (C=O) groups excluding carboxylic acids is 1. The number of nitrogens with zero attached hydrogens (tertiary/aromatic N) is 3. The Hall–Kier alpha value is -1.86. The molecule has 3 rings (SSSR count). The Morgan fingerprint density at radius 2 is 2.13 bits per heavy atom. The van der Waals surface area contributed by atoms with Crippen molar-refractivity contribution in [1.29, 1.82) is 0 Å². The highest BCUT2D eigenvalue weighted by atomic mass is 32.2. The molecule has 0 unspecified atom stereocenters. The number of rotatable bonds is 6. The van der Waals surface area contributed by atoms with E-state index in [1.807, 2.05) is 43.5 Å². The van der Waals surface area contributed by atoms with Crippen molar-refractivity contribution in [3.63, 3.8) is 0 Å². The van der Waals surface area contributed by atoms with E-state index < -0.39 is 0 Å². The van der Waals surface area contributed by atoms with Gasteiger partial charge in [0, 0.05) is 11.4 Å². The Morgan fingerprint density at radius 1 is 1.30 bits per heavy atom. The van der Waals surface area contributed by atoms with Gasteiger partial charge in [-0.25, -0.2) is 0 Å². The van der Waals surface area contributed by atoms with Crippen molar-refractivity contribution < 1.29 is 9.21 Å². The van der Waals surface area contributed by atoms with E-state index in [0.717, 1.165) is 38.6 Å². The van der Waals surface area contributed by atoms with E-state index in [1.54, 1.807) is 6.26 Å². The molecular formula is C16H17N3O2S2. The number of carbonyl (C=O) groups is 1. The van der Waals surface area contributed by atoms with Crippen molar-refractivity contribution in [1.82, 2.24) is 14.8 Å². The number of thioether (sulfide) groups is 1. The van der Waals surface area contributed by atoms with Gasteiger partial charge in [-0.3, -0.25) is 4.79 Å². The Morgan fingerprint density at radius 3 is 2.74 bits per heavy atom. The molecule has 3 aromatic rings. The molecule has 0 aliphatic carbocycles. The second-order valence-corrected chi connectivity index (χ2v) is 7.29. The minimum atomic E-state index is 0.125. The highest BCUT2D eigenvalue weighted by molar-refractivity contribution is 7.99. The van der Waals surface area contributed by atoms with E-state index in [0.29, 0.717) is 5.75 Å². The molecule has 0 aliphatic rings. The fraction of sp³-hybridized carbons (Fsp3) is 0.312. The third-order valence-corrected chi connectivity index (χ3v) is 5.49. The maximum Gasteiger partial charge on any atom is 0.191 e. The number of ketones is 1. The molecule has 0 saturated carbocycles. The smallest absolute Gasteiger partial charge is 0.191 e. The summed E-state index contributed by atoms with van der Waals surface area (Å²) in [5.41, 5.74) is 0.936. The van der Waals surface area contributed by atoms with E-state index in [9.17, 15) is 4.79 Å². The van der Waals surface area contributed by atoms with Crippen LogP contribution in [-0.2, 0) is 6.54 Å². The Bertz CT molecular complexity index is 832. The molecule has 0 spiro atoms. The van der Waals surface area contributed by atoms with Gasteiger partial charge >= 0.3 is 0 Å². The fourth-order valence-corrected chi connectivity index (χ4v) is 4.06. The molecule has 0 aliphatic heterocycles. The predicted molar refractivity (Wildman–Crippen MR) is 92.2 cm³/mol. The van der Waals surface area contributed by atoms with Crippen LogP contribution in [0.1, 0.15) is 27.2 Å². The van der Waals surface area contributed by atoms with Gasteiger partial charge in [0.05, 0.1) is 22.5 Å². The summed E-state index contributed by atoms with van der Waals surface area (Å²) in [6.07, 6.45) is 1.65. The van der Waals surface area contributed by atoms with Crippen molar-refractivity contribution in [3.05, 3.63) is 40.0 Å². The van der Waals surface area contributed by atoms with Crippen molar-refractivity contribution >= 4 is 28.9 Å². The zero-order chi connectivity index (χ0) is 16.4. The normalized spacial score (nSPS) is 11.1. The number of Topliss-reactive ketones (excluding diaryl/α,β-unsaturated/α-hetero) is 1. The summed E-state index contributed by atoms with van der Waals surface area (Å²) in [5.74, 6) is 2.08. The molecule has 0 radical (unpaired) electrons. The fourth-order valence-electron chi connectivity index (χ4n) is 2.28. The summed E-state index contributed by atoms with van der Waals surface area (Å²) >= 11 is 2.95. The van der Waals surface area contributed by atoms with Gasteiger partial charge in [-0.2, -0.15) is 0 Å². The zero-order valence-corrected chi connectivity index (χ0v) is 14.8. The van der Waals surface area contributed by atoms with Gasteiger partial charge in [0.15, 0.2) is 16.8 Å². The van der Waals surface area contributed by atoms with Crippen molar-refractivity contribution in [3.8, 4) is 11.4 Å². The van der Waals surface area contributed by atoms with Gasteiger partial charge in [0.2, 0.25) is 0 Å². The molecule has 5 nitrogen and oxygen atoms in total. The second kappa shape index (κ2) is 6.72. The maximum atomic E-state index is 12.2. The van der Waals surface area contributed by atoms with Crippen LogP contribution in [0.4, 0.5) is 0 Å². The Labute approximate surface area is 142 Å². The molecule has 7 heteroatoms. The second-order valence-electron chi connectivity index (χ2n) is 5.06. The molecule has 0 fully saturated rings. The number of furan rings is 1. The number of thiophene rings is 1. The summed E-state index contributed by atoms with van der Waals surface area (Å²) in [6, 6.07) is 5.74. The highest BCUT2D eigenvalue weighted by Gasteiger charge is 2.18. The average Bonchev–Trinajstić information content (AvgIpc) is 3.24. The van der Waals surface area contributed by atoms with E-state index in [4.69, 9.17) is 4.42 Å². The average molecular weight is 347 g/mol. The minimum absolute atomic E-state index is 0.125. The Kier molecular flexibility index (Phi) is 4.68. The minimum Gasteiger partial charge on any atom is -0.469 e. The SMILES string of the molecule is CCn1c(SCC(=O)c2ccc(C)s2)nnc1-c1ccoc1C. The van der Waals surface area contributed by atoms with Crippen LogP contribution in [0.2, 0.25) is 0 Å². The van der Waals surface area contributed by atoms with Gasteiger partial charge in [0.25, 0.3) is 0 Å². The van der Waals surface area contributed by atoms with Gasteiger partial charge < -0.3 is 8.98 Å². The largest absolute Gasteiger partial charge is 0.469 e. The maximum absolute atomic E-state index is 12.2. The number of aryl methyl sites for hydroxylation is 2. The molecule has 0 amide bonds. The molecule has 23 heavy (non-hydrogen) atoms. The molecule has 3 aromatic heterocycles. The summed E-state index contributed by atoms with van der Waals surface area (Å²) in [6.45, 7) is 6.68. The lowest BCUT2D eigenvalue weighted by atomic mass is 10.2. The molecule has 0 atom stereocenters. The van der Waals surface area contributed by atoms with Crippen LogP contribution < -0.4 is 0 Å². The molecule has 0 N–H and O–H groups in total. The van der Waals surface area contributed by atoms with Crippen LogP contribution in [0.3, 0.4) is 0 Å². The van der Waals surface area contributed by atoms with Crippen LogP contribution in [0.25, 0.3) is 11.4 Å². The lowest BCUT2D eigenvalue weighted by molar-refractivity contribution is 0.102. The lowest BCUT2D eigenvalue weighted by Crippen LogP contribution is -2.04. The van der Waals surface area contributed by atoms with E-state index in [2.05, 4.69) is 10.2 Å². The number of hydrogen-bond acceptors (Lipinski definition) is 6.